The van der Waals surface area contributed by atoms with Crippen LogP contribution >= 0.6 is 0 Å². The minimum atomic E-state index is -4.05. The molecule has 2 nitrogen and oxygen atoms in total. The summed E-state index contributed by atoms with van der Waals surface area (Å²) in [6.07, 6.45) is -2.80. The van der Waals surface area contributed by atoms with Gasteiger partial charge < -0.3 is 5.73 Å². The Hall–Kier alpha value is -1.07. The van der Waals surface area contributed by atoms with Crippen LogP contribution in [-0.2, 0) is 6.42 Å². The van der Waals surface area contributed by atoms with Gasteiger partial charge in [-0.2, -0.15) is 13.2 Å². The highest BCUT2D eigenvalue weighted by molar-refractivity contribution is 5.36. The summed E-state index contributed by atoms with van der Waals surface area (Å²) in [4.78, 5) is 2.15. The molecule has 1 aliphatic heterocycles. The zero-order valence-electron chi connectivity index (χ0n) is 11.2. The standard InChI is InChI=1S/C15H19F3N2/c16-15(17,18)11-5-7-20(8-6-11)13-9-10-3-1-2-4-12(10)14(13)19/h1-4,11,13-14H,5-9,19H2. The molecular weight excluding hydrogens is 265 g/mol. The molecule has 0 aromatic heterocycles. The minimum Gasteiger partial charge on any atom is -0.323 e. The smallest absolute Gasteiger partial charge is 0.323 e. The Kier molecular flexibility index (Phi) is 3.50. The monoisotopic (exact) mass is 284 g/mol. The van der Waals surface area contributed by atoms with Gasteiger partial charge in [0.25, 0.3) is 0 Å². The molecule has 1 aliphatic carbocycles. The molecular formula is C15H19F3N2. The molecule has 2 atom stereocenters. The number of alkyl halides is 3. The number of likely N-dealkylation sites (tertiary alicyclic amines) is 1. The van der Waals surface area contributed by atoms with Crippen LogP contribution < -0.4 is 5.73 Å². The fourth-order valence-electron chi connectivity index (χ4n) is 3.52. The van der Waals surface area contributed by atoms with Crippen molar-refractivity contribution in [1.82, 2.24) is 4.90 Å². The van der Waals surface area contributed by atoms with Gasteiger partial charge in [0, 0.05) is 12.1 Å². The van der Waals surface area contributed by atoms with Crippen molar-refractivity contribution in [3.05, 3.63) is 35.4 Å². The molecule has 0 spiro atoms. The number of fused-ring (bicyclic) bond motifs is 1. The molecule has 1 saturated heterocycles. The van der Waals surface area contributed by atoms with Crippen molar-refractivity contribution >= 4 is 0 Å². The first kappa shape index (κ1) is 13.9. The van der Waals surface area contributed by atoms with Crippen molar-refractivity contribution in [2.24, 2.45) is 11.7 Å². The molecule has 5 heteroatoms. The van der Waals surface area contributed by atoms with Crippen LogP contribution in [0.5, 0.6) is 0 Å². The van der Waals surface area contributed by atoms with Crippen LogP contribution in [0.4, 0.5) is 13.2 Å². The van der Waals surface area contributed by atoms with E-state index in [1.807, 2.05) is 18.2 Å². The van der Waals surface area contributed by atoms with Gasteiger partial charge in [0.05, 0.1) is 5.92 Å². The molecule has 2 aliphatic rings. The van der Waals surface area contributed by atoms with E-state index < -0.39 is 12.1 Å². The summed E-state index contributed by atoms with van der Waals surface area (Å²) in [7, 11) is 0. The summed E-state index contributed by atoms with van der Waals surface area (Å²) in [5.41, 5.74) is 8.67. The third kappa shape index (κ3) is 2.44. The lowest BCUT2D eigenvalue weighted by Gasteiger charge is -2.38. The third-order valence-electron chi connectivity index (χ3n) is 4.72. The van der Waals surface area contributed by atoms with Crippen LogP contribution in [0.25, 0.3) is 0 Å². The Balaban J connectivity index is 1.66. The second-order valence-corrected chi connectivity index (χ2v) is 5.85. The maximum absolute atomic E-state index is 12.7. The van der Waals surface area contributed by atoms with Gasteiger partial charge in [-0.15, -0.1) is 0 Å². The normalized spacial score (nSPS) is 28.6. The maximum atomic E-state index is 12.7. The number of piperidine rings is 1. The van der Waals surface area contributed by atoms with Crippen LogP contribution in [0.3, 0.4) is 0 Å². The van der Waals surface area contributed by atoms with E-state index in [-0.39, 0.29) is 24.9 Å². The van der Waals surface area contributed by atoms with Crippen molar-refractivity contribution in [2.75, 3.05) is 13.1 Å². The summed E-state index contributed by atoms with van der Waals surface area (Å²) in [6.45, 7) is 0.993. The van der Waals surface area contributed by atoms with Gasteiger partial charge in [-0.3, -0.25) is 4.90 Å². The Morgan fingerprint density at radius 3 is 2.35 bits per heavy atom. The Morgan fingerprint density at radius 1 is 1.10 bits per heavy atom. The minimum absolute atomic E-state index is 0.0753. The van der Waals surface area contributed by atoms with Crippen molar-refractivity contribution in [3.63, 3.8) is 0 Å². The van der Waals surface area contributed by atoms with E-state index in [4.69, 9.17) is 5.73 Å². The summed E-state index contributed by atoms with van der Waals surface area (Å²) < 4.78 is 38.1. The largest absolute Gasteiger partial charge is 0.391 e. The highest BCUT2D eigenvalue weighted by atomic mass is 19.4. The number of hydrogen-bond donors (Lipinski definition) is 1. The SMILES string of the molecule is NC1c2ccccc2CC1N1CCC(C(F)(F)F)CC1. The Labute approximate surface area is 116 Å². The molecule has 110 valence electrons. The molecule has 2 unspecified atom stereocenters. The summed E-state index contributed by atoms with van der Waals surface area (Å²) in [5.74, 6) is -1.14. The lowest BCUT2D eigenvalue weighted by Crippen LogP contribution is -2.47. The van der Waals surface area contributed by atoms with Gasteiger partial charge in [0.15, 0.2) is 0 Å². The molecule has 20 heavy (non-hydrogen) atoms. The number of rotatable bonds is 1. The van der Waals surface area contributed by atoms with Gasteiger partial charge in [-0.25, -0.2) is 0 Å². The Bertz CT molecular complexity index is 478. The number of nitrogens with two attached hydrogens (primary N) is 1. The van der Waals surface area contributed by atoms with Crippen LogP contribution in [-0.4, -0.2) is 30.2 Å². The van der Waals surface area contributed by atoms with E-state index in [2.05, 4.69) is 11.0 Å². The van der Waals surface area contributed by atoms with Crippen molar-refractivity contribution in [2.45, 2.75) is 37.5 Å². The molecule has 0 bridgehead atoms. The molecule has 1 aromatic carbocycles. The molecule has 1 fully saturated rings. The molecule has 1 aromatic rings. The Morgan fingerprint density at radius 2 is 1.75 bits per heavy atom. The van der Waals surface area contributed by atoms with Crippen molar-refractivity contribution in [1.29, 1.82) is 0 Å². The van der Waals surface area contributed by atoms with E-state index in [1.54, 1.807) is 0 Å². The van der Waals surface area contributed by atoms with Gasteiger partial charge >= 0.3 is 6.18 Å². The topological polar surface area (TPSA) is 29.3 Å². The third-order valence-corrected chi connectivity index (χ3v) is 4.72. The molecule has 1 heterocycles. The van der Waals surface area contributed by atoms with Crippen LogP contribution in [0.2, 0.25) is 0 Å². The van der Waals surface area contributed by atoms with E-state index in [9.17, 15) is 13.2 Å². The van der Waals surface area contributed by atoms with Crippen LogP contribution in [0, 0.1) is 5.92 Å². The van der Waals surface area contributed by atoms with Crippen molar-refractivity contribution in [3.8, 4) is 0 Å². The lowest BCUT2D eigenvalue weighted by atomic mass is 9.94. The molecule has 0 amide bonds. The van der Waals surface area contributed by atoms with E-state index >= 15 is 0 Å². The van der Waals surface area contributed by atoms with Crippen LogP contribution in [0.1, 0.15) is 30.0 Å². The van der Waals surface area contributed by atoms with Gasteiger partial charge in [0.2, 0.25) is 0 Å². The molecule has 3 rings (SSSR count). The second-order valence-electron chi connectivity index (χ2n) is 5.85. The van der Waals surface area contributed by atoms with E-state index in [1.165, 1.54) is 5.56 Å². The second kappa shape index (κ2) is 5.04. The van der Waals surface area contributed by atoms with E-state index in [0.717, 1.165) is 12.0 Å². The fourth-order valence-corrected chi connectivity index (χ4v) is 3.52. The first-order chi connectivity index (χ1) is 9.47. The zero-order chi connectivity index (χ0) is 14.3. The highest BCUT2D eigenvalue weighted by Gasteiger charge is 2.43. The van der Waals surface area contributed by atoms with Gasteiger partial charge in [-0.1, -0.05) is 24.3 Å². The molecule has 0 radical (unpaired) electrons. The predicted octanol–water partition coefficient (Wildman–Crippen LogP) is 2.89. The average molecular weight is 284 g/mol. The maximum Gasteiger partial charge on any atom is 0.391 e. The predicted molar refractivity (Wildman–Crippen MR) is 71.2 cm³/mol. The number of hydrogen-bond acceptors (Lipinski definition) is 2. The van der Waals surface area contributed by atoms with Gasteiger partial charge in [0.1, 0.15) is 0 Å². The summed E-state index contributed by atoms with van der Waals surface area (Å²) in [5, 5.41) is 0. The van der Waals surface area contributed by atoms with Crippen LogP contribution in [0.15, 0.2) is 24.3 Å². The summed E-state index contributed by atoms with van der Waals surface area (Å²) >= 11 is 0. The molecule has 2 N–H and O–H groups in total. The summed E-state index contributed by atoms with van der Waals surface area (Å²) in [6, 6.07) is 8.14. The zero-order valence-corrected chi connectivity index (χ0v) is 11.2. The highest BCUT2D eigenvalue weighted by Crippen LogP contribution is 2.38. The first-order valence-electron chi connectivity index (χ1n) is 7.11. The average Bonchev–Trinajstić information content (AvgIpc) is 2.76. The first-order valence-corrected chi connectivity index (χ1v) is 7.11. The number of halogens is 3. The van der Waals surface area contributed by atoms with Gasteiger partial charge in [-0.05, 0) is 43.5 Å². The lowest BCUT2D eigenvalue weighted by molar-refractivity contribution is -0.186. The molecule has 0 saturated carbocycles. The fraction of sp³-hybridized carbons (Fsp3) is 0.600. The number of nitrogens with zero attached hydrogens (tertiary/aromatic N) is 1. The van der Waals surface area contributed by atoms with E-state index in [0.29, 0.717) is 13.1 Å². The van der Waals surface area contributed by atoms with Crippen molar-refractivity contribution < 1.29 is 13.2 Å². The number of benzene rings is 1. The quantitative estimate of drug-likeness (QED) is 0.859.